The van der Waals surface area contributed by atoms with E-state index in [4.69, 9.17) is 15.9 Å². The molecule has 18 nitrogen and oxygen atoms in total. The molecule has 78 heavy (non-hydrogen) atoms. The van der Waals surface area contributed by atoms with Crippen LogP contribution in [0, 0.1) is 39.7 Å². The summed E-state index contributed by atoms with van der Waals surface area (Å²) in [6.07, 6.45) is -10.0. The number of halogens is 8. The first-order valence-electron chi connectivity index (χ1n) is 24.6. The third kappa shape index (κ3) is 14.1. The summed E-state index contributed by atoms with van der Waals surface area (Å²) in [6, 6.07) is 5.94. The van der Waals surface area contributed by atoms with Crippen molar-refractivity contribution in [2.45, 2.75) is 108 Å². The van der Waals surface area contributed by atoms with Gasteiger partial charge in [0.25, 0.3) is 5.91 Å². The number of aromatic nitrogens is 1. The largest absolute Gasteiger partial charge is 0.453 e. The Morgan fingerprint density at radius 3 is 1.83 bits per heavy atom. The summed E-state index contributed by atoms with van der Waals surface area (Å²) >= 11 is 0. The van der Waals surface area contributed by atoms with E-state index >= 15 is 8.78 Å². The number of anilines is 1. The van der Waals surface area contributed by atoms with E-state index in [0.29, 0.717) is 79.7 Å². The molecule has 8 N–H and O–H groups in total. The van der Waals surface area contributed by atoms with Gasteiger partial charge in [-0.25, -0.2) is 28.4 Å². The van der Waals surface area contributed by atoms with E-state index in [-0.39, 0.29) is 5.56 Å². The molecule has 3 aromatic rings. The van der Waals surface area contributed by atoms with Crippen LogP contribution in [0.1, 0.15) is 68.4 Å². The number of hydrogen-bond donors (Lipinski definition) is 7. The number of aliphatic hydroxyl groups is 1. The Morgan fingerprint density at radius 2 is 1.36 bits per heavy atom. The lowest BCUT2D eigenvalue weighted by atomic mass is 9.82. The maximum absolute atomic E-state index is 15.8. The minimum absolute atomic E-state index is 0.300. The van der Waals surface area contributed by atoms with Gasteiger partial charge in [-0.2, -0.15) is 26.3 Å². The number of fused-ring (bicyclic) bond motifs is 2. The van der Waals surface area contributed by atoms with Crippen LogP contribution in [-0.4, -0.2) is 151 Å². The number of benzene rings is 2. The minimum atomic E-state index is -5.20. The molecule has 1 aromatic heterocycles. The highest BCUT2D eigenvalue weighted by atomic mass is 19.4. The molecule has 3 aliphatic rings. The first-order chi connectivity index (χ1) is 36.6. The number of hydrogen-bond acceptors (Lipinski definition) is 14. The van der Waals surface area contributed by atoms with Crippen LogP contribution in [0.25, 0.3) is 0 Å². The number of ether oxygens (including phenoxy) is 3. The molecule has 0 saturated carbocycles. The van der Waals surface area contributed by atoms with Crippen LogP contribution < -0.4 is 32.0 Å². The minimum Gasteiger partial charge on any atom is -0.453 e. The van der Waals surface area contributed by atoms with E-state index in [0.717, 1.165) is 71.5 Å². The molecule has 0 aliphatic carbocycles. The van der Waals surface area contributed by atoms with Gasteiger partial charge >= 0.3 is 24.5 Å². The summed E-state index contributed by atoms with van der Waals surface area (Å²) in [5.74, 6) is 1.03. The number of alkyl carbamates (subject to hydrolysis) is 2. The van der Waals surface area contributed by atoms with Gasteiger partial charge in [0, 0.05) is 66.7 Å². The molecule has 3 fully saturated rings. The second-order valence-electron chi connectivity index (χ2n) is 20.3. The molecule has 3 aliphatic heterocycles. The van der Waals surface area contributed by atoms with Crippen molar-refractivity contribution >= 4 is 35.5 Å². The molecule has 6 atom stereocenters. The van der Waals surface area contributed by atoms with E-state index in [1.807, 2.05) is 17.4 Å². The number of nitrogens with zero attached hydrogens (tertiary/aromatic N) is 4. The molecular formula is C52H62F8N10O8. The van der Waals surface area contributed by atoms with E-state index in [9.17, 15) is 50.6 Å². The predicted molar refractivity (Wildman–Crippen MR) is 267 cm³/mol. The van der Waals surface area contributed by atoms with Gasteiger partial charge < -0.3 is 51.3 Å². The van der Waals surface area contributed by atoms with Crippen molar-refractivity contribution in [2.24, 2.45) is 16.6 Å². The van der Waals surface area contributed by atoms with E-state index in [2.05, 4.69) is 46.8 Å². The van der Waals surface area contributed by atoms with Crippen LogP contribution in [-0.2, 0) is 36.8 Å². The van der Waals surface area contributed by atoms with Crippen molar-refractivity contribution in [3.8, 4) is 11.8 Å². The lowest BCUT2D eigenvalue weighted by molar-refractivity contribution is -0.221. The third-order valence-electron chi connectivity index (χ3n) is 14.3. The van der Waals surface area contributed by atoms with Crippen molar-refractivity contribution in [3.05, 3.63) is 106 Å². The van der Waals surface area contributed by atoms with Gasteiger partial charge in [0.05, 0.1) is 62.2 Å². The van der Waals surface area contributed by atoms with Gasteiger partial charge in [-0.15, -0.1) is 0 Å². The fourth-order valence-electron chi connectivity index (χ4n) is 9.28. The molecule has 6 rings (SSSR count). The quantitative estimate of drug-likeness (QED) is 0.0355. The normalized spacial score (nSPS) is 18.7. The first-order valence-corrected chi connectivity index (χ1v) is 24.6. The lowest BCUT2D eigenvalue weighted by Crippen LogP contribution is -2.63. The first kappa shape index (κ1) is 60.2. The number of aliphatic hydroxyl groups excluding tert-OH is 1. The summed E-state index contributed by atoms with van der Waals surface area (Å²) in [4.78, 5) is 62.3. The van der Waals surface area contributed by atoms with E-state index in [1.54, 1.807) is 23.6 Å². The topological polar surface area (TPSA) is 237 Å². The average Bonchev–Trinajstić information content (AvgIpc) is 3.62. The molecule has 4 heterocycles. The molecule has 4 amide bonds. The van der Waals surface area contributed by atoms with Crippen molar-refractivity contribution in [1.82, 2.24) is 36.3 Å². The maximum atomic E-state index is 15.8. The molecule has 0 spiro atoms. The predicted octanol–water partition coefficient (Wildman–Crippen LogP) is 5.20. The van der Waals surface area contributed by atoms with Crippen LogP contribution in [0.4, 0.5) is 50.5 Å². The maximum Gasteiger partial charge on any atom is 0.407 e. The zero-order chi connectivity index (χ0) is 57.5. The summed E-state index contributed by atoms with van der Waals surface area (Å²) < 4.78 is 133. The van der Waals surface area contributed by atoms with Gasteiger partial charge in [-0.1, -0.05) is 24.0 Å². The summed E-state index contributed by atoms with van der Waals surface area (Å²) in [5.41, 5.74) is 1.05. The number of rotatable bonds is 19. The van der Waals surface area contributed by atoms with Gasteiger partial charge in [0.1, 0.15) is 29.5 Å². The van der Waals surface area contributed by atoms with Crippen LogP contribution >= 0.6 is 0 Å². The summed E-state index contributed by atoms with van der Waals surface area (Å²) in [5, 5.41) is 26.6. The van der Waals surface area contributed by atoms with Crippen molar-refractivity contribution in [2.75, 3.05) is 52.0 Å². The van der Waals surface area contributed by atoms with Crippen molar-refractivity contribution in [1.29, 1.82) is 5.41 Å². The number of allylic oxidation sites excluding steroid dienone is 1. The molecule has 26 heteroatoms. The summed E-state index contributed by atoms with van der Waals surface area (Å²) in [6.45, 7) is 3.40. The Hall–Kier alpha value is -7.08. The number of carbonyl (C=O) groups excluding carboxylic acids is 4. The SMILES string of the molecule is COC(=O)N[C@H](C(=O)N[C@@H](Cc1ccc(C#Cc2ccc(N3CC4CCC(C3)N4C3COC3)nc2)cc1)[C@@H](O)CN(Cc1c(F)cc(C(=N)/C=C\N)cc1F)NC(=O)[C@@H](NC(=O)OC)C(C)(C)C(F)(F)F)C(C)(C)C(F)(F)F. The average molecular weight is 1110 g/mol. The van der Waals surface area contributed by atoms with Crippen molar-refractivity contribution in [3.63, 3.8) is 0 Å². The fourth-order valence-corrected chi connectivity index (χ4v) is 9.28. The van der Waals surface area contributed by atoms with Crippen molar-refractivity contribution < 1.29 is 73.6 Å². The number of nitrogens with two attached hydrogens (primary N) is 1. The number of hydrazine groups is 1. The molecule has 0 radical (unpaired) electrons. The highest BCUT2D eigenvalue weighted by Gasteiger charge is 2.57. The van der Waals surface area contributed by atoms with Gasteiger partial charge in [-0.3, -0.25) is 19.9 Å². The number of methoxy groups -OCH3 is 2. The number of amides is 4. The highest BCUT2D eigenvalue weighted by Crippen LogP contribution is 2.42. The van der Waals surface area contributed by atoms with Crippen LogP contribution in [0.2, 0.25) is 0 Å². The van der Waals surface area contributed by atoms with Crippen LogP contribution in [0.5, 0.6) is 0 Å². The Morgan fingerprint density at radius 1 is 0.833 bits per heavy atom. The zero-order valence-corrected chi connectivity index (χ0v) is 43.5. The standard InChI is InChI=1S/C52H62F8N10O8/c1-49(2,51(55,56)57)43(65-47(74)76-5)45(72)64-40(19-30-10-7-29(8-11-30)9-12-31-13-16-42(63-22-31)68-23-33-14-15-34(24-68)70(33)35-27-78-28-35)41(71)26-69(25-36-37(53)20-32(21-38(36)54)39(62)17-18-61)67-46(73)44(66-48(75)77-6)50(3,4)52(58,59)60/h7-8,10-11,13,16-18,20-22,33-35,40-41,43-44,62,71H,14-15,19,23-28,61H2,1-6H3,(H,64,72)(H,65,74)(H,66,75)(H,67,73)/b18-17-,62-39?/t33?,34?,40-,41-,43+,44+/m0/s1. The monoisotopic (exact) mass is 1110 g/mol. The van der Waals surface area contributed by atoms with Gasteiger partial charge in [0.15, 0.2) is 0 Å². The van der Waals surface area contributed by atoms with Crippen LogP contribution in [0.15, 0.2) is 67.0 Å². The lowest BCUT2D eigenvalue weighted by Gasteiger charge is -2.47. The number of alkyl halides is 6. The molecule has 424 valence electrons. The van der Waals surface area contributed by atoms with Gasteiger partial charge in [0.2, 0.25) is 5.91 Å². The van der Waals surface area contributed by atoms with E-state index < -0.39 is 114 Å². The fraction of sp³-hybridized carbons (Fsp3) is 0.500. The number of carbonyl (C=O) groups is 4. The zero-order valence-electron chi connectivity index (χ0n) is 43.5. The second-order valence-corrected chi connectivity index (χ2v) is 20.3. The Kier molecular flexibility index (Phi) is 19.1. The molecule has 2 bridgehead atoms. The van der Waals surface area contributed by atoms with Crippen LogP contribution in [0.3, 0.4) is 0 Å². The molecule has 2 unspecified atom stereocenters. The highest BCUT2D eigenvalue weighted by molar-refractivity contribution is 6.06. The molecular weight excluding hydrogens is 1040 g/mol. The smallest absolute Gasteiger partial charge is 0.407 e. The third-order valence-corrected chi connectivity index (χ3v) is 14.3. The Bertz CT molecular complexity index is 2710. The molecule has 2 aromatic carbocycles. The van der Waals surface area contributed by atoms with Gasteiger partial charge in [-0.05, 0) is 101 Å². The molecule has 3 saturated heterocycles. The second kappa shape index (κ2) is 24.7. The number of piperazine rings is 1. The summed E-state index contributed by atoms with van der Waals surface area (Å²) in [7, 11) is 1.64. The number of pyridine rings is 1. The van der Waals surface area contributed by atoms with E-state index in [1.165, 1.54) is 12.1 Å². The Labute approximate surface area is 444 Å². The Balaban J connectivity index is 1.30. The number of nitrogens with one attached hydrogen (secondary N) is 5.